The number of nitrogens with one attached hydrogen (secondary N) is 1. The number of para-hydroxylation sites is 1. The zero-order valence-electron chi connectivity index (χ0n) is 27.1. The van der Waals surface area contributed by atoms with E-state index in [-0.39, 0.29) is 30.0 Å². The van der Waals surface area contributed by atoms with Crippen LogP contribution in [0.5, 0.6) is 5.75 Å². The van der Waals surface area contributed by atoms with E-state index in [9.17, 15) is 23.9 Å². The van der Waals surface area contributed by atoms with Crippen LogP contribution in [0.1, 0.15) is 67.6 Å². The minimum Gasteiger partial charge on any atom is -0.507 e. The lowest BCUT2D eigenvalue weighted by Crippen LogP contribution is -2.53. The number of allylic oxidation sites excluding steroid dienone is 2. The summed E-state index contributed by atoms with van der Waals surface area (Å²) in [4.78, 5) is 59.8. The quantitative estimate of drug-likeness (QED) is 0.226. The topological polar surface area (TPSA) is 107 Å². The fraction of sp³-hybridized carbons (Fsp3) is 0.385. The van der Waals surface area contributed by atoms with E-state index in [1.165, 1.54) is 29.2 Å². The fourth-order valence-corrected chi connectivity index (χ4v) is 9.76. The molecule has 2 heterocycles. The summed E-state index contributed by atoms with van der Waals surface area (Å²) in [6, 6.07) is 17.5. The molecule has 0 radical (unpaired) electrons. The molecular formula is C39H37ClFN3O5. The van der Waals surface area contributed by atoms with E-state index in [0.29, 0.717) is 33.8 Å². The van der Waals surface area contributed by atoms with Gasteiger partial charge < -0.3 is 5.11 Å². The van der Waals surface area contributed by atoms with Crippen molar-refractivity contribution in [3.05, 3.63) is 106 Å². The third-order valence-electron chi connectivity index (χ3n) is 11.8. The van der Waals surface area contributed by atoms with Crippen molar-refractivity contribution in [1.29, 1.82) is 0 Å². The molecule has 0 bridgehead atoms. The second-order valence-corrected chi connectivity index (χ2v) is 14.7. The van der Waals surface area contributed by atoms with Crippen molar-refractivity contribution in [3.63, 3.8) is 0 Å². The van der Waals surface area contributed by atoms with Crippen LogP contribution in [0.25, 0.3) is 0 Å². The summed E-state index contributed by atoms with van der Waals surface area (Å²) in [7, 11) is 0. The number of nitrogens with zero attached hydrogens (tertiary/aromatic N) is 2. The van der Waals surface area contributed by atoms with Gasteiger partial charge in [-0.25, -0.2) is 4.39 Å². The molecule has 3 aromatic rings. The standard InChI is InChI=1S/C39H37ClFN3O5/c1-21-6-5-9-29(34(21)45)33-27-18-19-28-32(37(48)43(35(28)46)26-7-3-2-4-8-26)30(27)20-31-36(47)44(42-25-16-14-24(41)15-17-25)38(49)39(31,33)22-10-12-23(40)13-11-22/h5-6,9-18,26,28,30-33,42,45H,2-4,7-8,19-20H2,1H3/t28-,30+,31-,32-,33+,39+/m0/s1. The molecule has 8 nitrogen and oxygen atoms in total. The molecule has 49 heavy (non-hydrogen) atoms. The number of halogens is 2. The first-order chi connectivity index (χ1) is 23.6. The normalized spacial score (nSPS) is 29.9. The van der Waals surface area contributed by atoms with E-state index < -0.39 is 52.6 Å². The second-order valence-electron chi connectivity index (χ2n) is 14.2. The number of aryl methyl sites for hydroxylation is 1. The van der Waals surface area contributed by atoms with Gasteiger partial charge in [-0.15, -0.1) is 0 Å². The van der Waals surface area contributed by atoms with Crippen molar-refractivity contribution in [1.82, 2.24) is 9.91 Å². The summed E-state index contributed by atoms with van der Waals surface area (Å²) in [5.41, 5.74) is 4.17. The van der Waals surface area contributed by atoms with Crippen molar-refractivity contribution in [2.24, 2.45) is 23.7 Å². The number of amides is 4. The number of likely N-dealkylation sites (tertiary alicyclic amines) is 1. The van der Waals surface area contributed by atoms with Crippen LogP contribution in [-0.4, -0.2) is 44.7 Å². The molecule has 3 aliphatic carbocycles. The van der Waals surface area contributed by atoms with Gasteiger partial charge in [0.2, 0.25) is 11.8 Å². The van der Waals surface area contributed by atoms with Gasteiger partial charge >= 0.3 is 0 Å². The van der Waals surface area contributed by atoms with Gasteiger partial charge in [-0.3, -0.25) is 29.5 Å². The number of benzene rings is 3. The highest BCUT2D eigenvalue weighted by Gasteiger charge is 2.70. The molecule has 2 saturated heterocycles. The van der Waals surface area contributed by atoms with E-state index in [1.54, 1.807) is 43.3 Å². The molecule has 10 heteroatoms. The molecule has 8 rings (SSSR count). The predicted octanol–water partition coefficient (Wildman–Crippen LogP) is 6.81. The van der Waals surface area contributed by atoms with Crippen LogP contribution in [0.3, 0.4) is 0 Å². The molecular weight excluding hydrogens is 645 g/mol. The number of hydrazine groups is 1. The zero-order valence-corrected chi connectivity index (χ0v) is 27.8. The SMILES string of the molecule is Cc1cccc([C@H]2C3=CC[C@@H]4C(=O)N(C5CCCCC5)C(=O)[C@@H]4[C@@H]3C[C@H]3C(=O)N(Nc4ccc(F)cc4)C(=O)[C@@]23c2ccc(Cl)cc2)c1O. The maximum absolute atomic E-state index is 15.2. The van der Waals surface area contributed by atoms with Gasteiger partial charge in [0.25, 0.3) is 11.8 Å². The van der Waals surface area contributed by atoms with E-state index >= 15 is 4.79 Å². The number of carbonyl (C=O) groups is 4. The lowest BCUT2D eigenvalue weighted by atomic mass is 9.49. The zero-order chi connectivity index (χ0) is 34.2. The van der Waals surface area contributed by atoms with Gasteiger partial charge in [-0.1, -0.05) is 72.8 Å². The number of imide groups is 2. The van der Waals surface area contributed by atoms with E-state index in [0.717, 1.165) is 42.7 Å². The van der Waals surface area contributed by atoms with Crippen LogP contribution >= 0.6 is 11.6 Å². The Morgan fingerprint density at radius 2 is 1.59 bits per heavy atom. The highest BCUT2D eigenvalue weighted by atomic mass is 35.5. The maximum atomic E-state index is 15.2. The third kappa shape index (κ3) is 4.68. The van der Waals surface area contributed by atoms with Crippen molar-refractivity contribution in [2.75, 3.05) is 5.43 Å². The maximum Gasteiger partial charge on any atom is 0.260 e. The van der Waals surface area contributed by atoms with Crippen LogP contribution in [0.15, 0.2) is 78.4 Å². The van der Waals surface area contributed by atoms with Crippen molar-refractivity contribution in [2.45, 2.75) is 69.2 Å². The summed E-state index contributed by atoms with van der Waals surface area (Å²) in [6.07, 6.45) is 7.09. The molecule has 5 aliphatic rings. The molecule has 4 fully saturated rings. The summed E-state index contributed by atoms with van der Waals surface area (Å²) in [5, 5.41) is 13.2. The Labute approximate surface area is 288 Å². The predicted molar refractivity (Wildman–Crippen MR) is 181 cm³/mol. The third-order valence-corrected chi connectivity index (χ3v) is 12.1. The number of hydrogen-bond acceptors (Lipinski definition) is 6. The Bertz CT molecular complexity index is 1910. The van der Waals surface area contributed by atoms with E-state index in [2.05, 4.69) is 5.43 Å². The molecule has 6 atom stereocenters. The van der Waals surface area contributed by atoms with Gasteiger partial charge in [0.1, 0.15) is 11.6 Å². The van der Waals surface area contributed by atoms with E-state index in [1.807, 2.05) is 12.1 Å². The number of rotatable bonds is 5. The number of hydrogen-bond donors (Lipinski definition) is 2. The Morgan fingerprint density at radius 3 is 2.31 bits per heavy atom. The molecule has 4 amide bonds. The smallest absolute Gasteiger partial charge is 0.260 e. The van der Waals surface area contributed by atoms with Gasteiger partial charge in [0.05, 0.1) is 28.9 Å². The Hall–Kier alpha value is -4.50. The fourth-order valence-electron chi connectivity index (χ4n) is 9.64. The van der Waals surface area contributed by atoms with Crippen LogP contribution < -0.4 is 5.43 Å². The van der Waals surface area contributed by atoms with Crippen molar-refractivity contribution < 1.29 is 28.7 Å². The number of aromatic hydroxyl groups is 1. The lowest BCUT2D eigenvalue weighted by molar-refractivity contribution is -0.144. The first kappa shape index (κ1) is 31.7. The highest BCUT2D eigenvalue weighted by Crippen LogP contribution is 2.65. The average Bonchev–Trinajstić information content (AvgIpc) is 3.48. The number of fused-ring (bicyclic) bond motifs is 4. The Kier molecular flexibility index (Phi) is 7.66. The molecule has 2 saturated carbocycles. The molecule has 252 valence electrons. The van der Waals surface area contributed by atoms with Crippen LogP contribution in [0.4, 0.5) is 10.1 Å². The number of carbonyl (C=O) groups excluding carboxylic acids is 4. The molecule has 0 aromatic heterocycles. The second kappa shape index (κ2) is 11.8. The number of phenolic OH excluding ortho intramolecular Hbond substituents is 1. The van der Waals surface area contributed by atoms with Crippen LogP contribution in [-0.2, 0) is 24.6 Å². The van der Waals surface area contributed by atoms with Crippen LogP contribution in [0.2, 0.25) is 5.02 Å². The molecule has 2 N–H and O–H groups in total. The first-order valence-corrected chi connectivity index (χ1v) is 17.5. The minimum atomic E-state index is -1.54. The summed E-state index contributed by atoms with van der Waals surface area (Å²) >= 11 is 6.35. The minimum absolute atomic E-state index is 0.00566. The first-order valence-electron chi connectivity index (χ1n) is 17.1. The van der Waals surface area contributed by atoms with Gasteiger partial charge in [0, 0.05) is 22.5 Å². The Morgan fingerprint density at radius 1 is 0.878 bits per heavy atom. The molecule has 0 unspecified atom stereocenters. The Balaban J connectivity index is 1.32. The monoisotopic (exact) mass is 681 g/mol. The van der Waals surface area contributed by atoms with E-state index in [4.69, 9.17) is 11.6 Å². The van der Waals surface area contributed by atoms with Gasteiger partial charge in [0.15, 0.2) is 0 Å². The highest BCUT2D eigenvalue weighted by molar-refractivity contribution is 6.30. The molecule has 3 aromatic carbocycles. The largest absolute Gasteiger partial charge is 0.507 e. The van der Waals surface area contributed by atoms with Crippen molar-refractivity contribution in [3.8, 4) is 5.75 Å². The molecule has 2 aliphatic heterocycles. The van der Waals surface area contributed by atoms with Gasteiger partial charge in [-0.2, -0.15) is 5.01 Å². The van der Waals surface area contributed by atoms with Crippen LogP contribution in [0, 0.1) is 36.4 Å². The number of phenols is 1. The summed E-state index contributed by atoms with van der Waals surface area (Å²) in [6.45, 7) is 1.78. The van der Waals surface area contributed by atoms with Gasteiger partial charge in [-0.05, 0) is 86.1 Å². The molecule has 0 spiro atoms. The van der Waals surface area contributed by atoms with Crippen molar-refractivity contribution >= 4 is 40.9 Å². The lowest BCUT2D eigenvalue weighted by Gasteiger charge is -2.50. The summed E-state index contributed by atoms with van der Waals surface area (Å²) < 4.78 is 13.8. The summed E-state index contributed by atoms with van der Waals surface area (Å²) in [5.74, 6) is -5.36. The average molecular weight is 682 g/mol. The number of anilines is 1.